The fourth-order valence-corrected chi connectivity index (χ4v) is 4.50. The van der Waals surface area contributed by atoms with E-state index >= 15 is 4.39 Å². The number of aromatic nitrogens is 4. The maximum absolute atomic E-state index is 15.3. The van der Waals surface area contributed by atoms with Crippen LogP contribution in [0.1, 0.15) is 50.6 Å². The van der Waals surface area contributed by atoms with E-state index in [0.29, 0.717) is 28.2 Å². The SMILES string of the molecule is Cc1ccnc(Cl)c1-c1cc(C(C)C)c2cc(-c3cn(C)c(C(C)(C)O)n3)c(F)cn2c1=O. The Hall–Kier alpha value is -3.03. The molecule has 172 valence electrons. The minimum absolute atomic E-state index is 0.0454. The molecular weight excluding hydrogens is 443 g/mol. The second-order valence-electron chi connectivity index (χ2n) is 9.18. The van der Waals surface area contributed by atoms with E-state index in [0.717, 1.165) is 11.1 Å². The van der Waals surface area contributed by atoms with E-state index in [9.17, 15) is 9.90 Å². The Bertz CT molecular complexity index is 1430. The number of imidazole rings is 1. The lowest BCUT2D eigenvalue weighted by Gasteiger charge is -2.17. The van der Waals surface area contributed by atoms with Gasteiger partial charge in [-0.3, -0.25) is 9.20 Å². The smallest absolute Gasteiger partial charge is 0.263 e. The highest BCUT2D eigenvalue weighted by atomic mass is 35.5. The molecule has 0 unspecified atom stereocenters. The second-order valence-corrected chi connectivity index (χ2v) is 9.53. The fourth-order valence-electron chi connectivity index (χ4n) is 4.19. The molecule has 4 rings (SSSR count). The van der Waals surface area contributed by atoms with Gasteiger partial charge >= 0.3 is 0 Å². The number of pyridine rings is 3. The van der Waals surface area contributed by atoms with Crippen molar-refractivity contribution in [3.8, 4) is 22.4 Å². The molecule has 0 bridgehead atoms. The van der Waals surface area contributed by atoms with Crippen molar-refractivity contribution in [2.24, 2.45) is 7.05 Å². The Morgan fingerprint density at radius 2 is 1.88 bits per heavy atom. The molecule has 0 aromatic carbocycles. The van der Waals surface area contributed by atoms with Gasteiger partial charge in [0.05, 0.1) is 16.8 Å². The van der Waals surface area contributed by atoms with Crippen molar-refractivity contribution in [2.75, 3.05) is 0 Å². The van der Waals surface area contributed by atoms with Crippen LogP contribution >= 0.6 is 11.6 Å². The Labute approximate surface area is 196 Å². The van der Waals surface area contributed by atoms with Crippen LogP contribution in [-0.2, 0) is 12.6 Å². The molecule has 0 aliphatic carbocycles. The lowest BCUT2D eigenvalue weighted by Crippen LogP contribution is -2.20. The third-order valence-corrected chi connectivity index (χ3v) is 6.08. The molecule has 8 heteroatoms. The van der Waals surface area contributed by atoms with Gasteiger partial charge in [0.25, 0.3) is 5.56 Å². The van der Waals surface area contributed by atoms with Gasteiger partial charge in [-0.25, -0.2) is 14.4 Å². The van der Waals surface area contributed by atoms with Crippen molar-refractivity contribution in [3.63, 3.8) is 0 Å². The molecule has 4 aromatic heterocycles. The first kappa shape index (κ1) is 23.1. The zero-order valence-electron chi connectivity index (χ0n) is 19.4. The van der Waals surface area contributed by atoms with Gasteiger partial charge in [-0.15, -0.1) is 0 Å². The first-order chi connectivity index (χ1) is 15.4. The molecular formula is C25H26ClFN4O2. The molecule has 4 aromatic rings. The number of hydrogen-bond donors (Lipinski definition) is 1. The molecule has 0 saturated heterocycles. The highest BCUT2D eigenvalue weighted by Crippen LogP contribution is 2.33. The number of rotatable bonds is 4. The average molecular weight is 469 g/mol. The van der Waals surface area contributed by atoms with E-state index in [1.165, 1.54) is 10.6 Å². The molecule has 0 atom stereocenters. The summed E-state index contributed by atoms with van der Waals surface area (Å²) in [5.74, 6) is -0.134. The quantitative estimate of drug-likeness (QED) is 0.417. The molecule has 0 saturated carbocycles. The Morgan fingerprint density at radius 1 is 1.18 bits per heavy atom. The minimum Gasteiger partial charge on any atom is -0.383 e. The van der Waals surface area contributed by atoms with E-state index in [-0.39, 0.29) is 22.2 Å². The summed E-state index contributed by atoms with van der Waals surface area (Å²) >= 11 is 6.35. The van der Waals surface area contributed by atoms with Gasteiger partial charge in [-0.1, -0.05) is 25.4 Å². The van der Waals surface area contributed by atoms with Gasteiger partial charge < -0.3 is 9.67 Å². The number of nitrogens with zero attached hydrogens (tertiary/aromatic N) is 4. The van der Waals surface area contributed by atoms with E-state index in [1.807, 2.05) is 26.8 Å². The summed E-state index contributed by atoms with van der Waals surface area (Å²) < 4.78 is 18.3. The maximum Gasteiger partial charge on any atom is 0.263 e. The van der Waals surface area contributed by atoms with Crippen LogP contribution < -0.4 is 5.56 Å². The van der Waals surface area contributed by atoms with Gasteiger partial charge in [0.2, 0.25) is 0 Å². The molecule has 4 heterocycles. The van der Waals surface area contributed by atoms with Gasteiger partial charge in [-0.05, 0) is 56.0 Å². The molecule has 1 N–H and O–H groups in total. The standard InChI is InChI=1S/C25H26ClFN4O2/c1-13(2)15-9-17(21-14(3)7-8-28-22(21)26)23(32)31-11-18(27)16(10-20(15)31)19-12-30(6)24(29-19)25(4,5)33/h7-13,33H,1-6H3. The van der Waals surface area contributed by atoms with Crippen molar-refractivity contribution in [1.82, 2.24) is 18.9 Å². The summed E-state index contributed by atoms with van der Waals surface area (Å²) in [6.07, 6.45) is 4.45. The zero-order chi connectivity index (χ0) is 24.2. The fraction of sp³-hybridized carbons (Fsp3) is 0.320. The number of aryl methyl sites for hydroxylation is 2. The second kappa shape index (κ2) is 8.08. The Kier molecular flexibility index (Phi) is 5.66. The Morgan fingerprint density at radius 3 is 2.45 bits per heavy atom. The van der Waals surface area contributed by atoms with E-state index in [1.54, 1.807) is 50.0 Å². The lowest BCUT2D eigenvalue weighted by atomic mass is 9.95. The molecule has 33 heavy (non-hydrogen) atoms. The highest BCUT2D eigenvalue weighted by Gasteiger charge is 2.25. The van der Waals surface area contributed by atoms with Gasteiger partial charge in [-0.2, -0.15) is 0 Å². The molecule has 6 nitrogen and oxygen atoms in total. The summed E-state index contributed by atoms with van der Waals surface area (Å²) in [6.45, 7) is 9.13. The van der Waals surface area contributed by atoms with Crippen molar-refractivity contribution in [3.05, 3.63) is 75.1 Å². The van der Waals surface area contributed by atoms with E-state index in [2.05, 4.69) is 9.97 Å². The Balaban J connectivity index is 2.03. The van der Waals surface area contributed by atoms with E-state index < -0.39 is 11.4 Å². The summed E-state index contributed by atoms with van der Waals surface area (Å²) in [5.41, 5.74) is 2.26. The van der Waals surface area contributed by atoms with Crippen LogP contribution in [0.3, 0.4) is 0 Å². The lowest BCUT2D eigenvalue weighted by molar-refractivity contribution is 0.0659. The number of halogens is 2. The number of fused-ring (bicyclic) bond motifs is 1. The van der Waals surface area contributed by atoms with Crippen molar-refractivity contribution < 1.29 is 9.50 Å². The van der Waals surface area contributed by atoms with Crippen LogP contribution in [0.15, 0.2) is 41.6 Å². The number of aliphatic hydroxyl groups is 1. The predicted octanol–water partition coefficient (Wildman–Crippen LogP) is 5.21. The molecule has 0 amide bonds. The summed E-state index contributed by atoms with van der Waals surface area (Å²) in [5, 5.41) is 10.6. The first-order valence-corrected chi connectivity index (χ1v) is 11.0. The van der Waals surface area contributed by atoms with Crippen LogP contribution in [0.25, 0.3) is 27.9 Å². The van der Waals surface area contributed by atoms with Gasteiger partial charge in [0.1, 0.15) is 22.4 Å². The molecule has 0 fully saturated rings. The van der Waals surface area contributed by atoms with Crippen LogP contribution in [0, 0.1) is 12.7 Å². The van der Waals surface area contributed by atoms with Crippen LogP contribution in [0.2, 0.25) is 5.15 Å². The molecule has 0 aliphatic rings. The molecule has 0 spiro atoms. The monoisotopic (exact) mass is 468 g/mol. The van der Waals surface area contributed by atoms with Gasteiger partial charge in [0, 0.05) is 36.8 Å². The summed E-state index contributed by atoms with van der Waals surface area (Å²) in [6, 6.07) is 5.25. The third-order valence-electron chi connectivity index (χ3n) is 5.79. The van der Waals surface area contributed by atoms with E-state index in [4.69, 9.17) is 11.6 Å². The molecule has 0 aliphatic heterocycles. The normalized spacial score (nSPS) is 12.2. The van der Waals surface area contributed by atoms with Crippen LogP contribution in [0.4, 0.5) is 4.39 Å². The average Bonchev–Trinajstić information content (AvgIpc) is 3.11. The number of hydrogen-bond acceptors (Lipinski definition) is 4. The molecule has 0 radical (unpaired) electrons. The maximum atomic E-state index is 15.3. The largest absolute Gasteiger partial charge is 0.383 e. The van der Waals surface area contributed by atoms with Crippen molar-refractivity contribution in [1.29, 1.82) is 0 Å². The summed E-state index contributed by atoms with van der Waals surface area (Å²) in [4.78, 5) is 22.0. The van der Waals surface area contributed by atoms with Crippen molar-refractivity contribution >= 4 is 17.1 Å². The minimum atomic E-state index is -1.18. The predicted molar refractivity (Wildman–Crippen MR) is 128 cm³/mol. The van der Waals surface area contributed by atoms with Gasteiger partial charge in [0.15, 0.2) is 0 Å². The van der Waals surface area contributed by atoms with Crippen LogP contribution in [-0.4, -0.2) is 24.0 Å². The third kappa shape index (κ3) is 3.96. The first-order valence-electron chi connectivity index (χ1n) is 10.7. The highest BCUT2D eigenvalue weighted by molar-refractivity contribution is 6.32. The topological polar surface area (TPSA) is 72.4 Å². The van der Waals surface area contributed by atoms with Crippen LogP contribution in [0.5, 0.6) is 0 Å². The van der Waals surface area contributed by atoms with Crippen molar-refractivity contribution in [2.45, 2.75) is 46.1 Å². The zero-order valence-corrected chi connectivity index (χ0v) is 20.2. The summed E-state index contributed by atoms with van der Waals surface area (Å²) in [7, 11) is 1.75.